The van der Waals surface area contributed by atoms with E-state index in [1.165, 1.54) is 12.3 Å². The van der Waals surface area contributed by atoms with E-state index in [9.17, 15) is 4.79 Å². The summed E-state index contributed by atoms with van der Waals surface area (Å²) in [5, 5.41) is 13.7. The lowest BCUT2D eigenvalue weighted by Gasteiger charge is -1.79. The number of carbonyl (C=O) groups is 1. The number of carboxylic acids is 1. The molecule has 5 N–H and O–H groups in total. The fourth-order valence-corrected chi connectivity index (χ4v) is 1.41. The zero-order chi connectivity index (χ0) is 8.43. The minimum absolute atomic E-state index is 0.208. The minimum atomic E-state index is -0.977. The minimum Gasteiger partial charge on any atom is -0.477 e. The summed E-state index contributed by atoms with van der Waals surface area (Å²) < 4.78 is 0. The van der Waals surface area contributed by atoms with Crippen LogP contribution < -0.4 is 11.1 Å². The van der Waals surface area contributed by atoms with Gasteiger partial charge >= 0.3 is 5.97 Å². The third-order valence-corrected chi connectivity index (χ3v) is 2.26. The Bertz CT molecular complexity index is 306. The Kier molecular flexibility index (Phi) is 1.91. The van der Waals surface area contributed by atoms with Crippen molar-refractivity contribution in [3.63, 3.8) is 0 Å². The zero-order valence-corrected chi connectivity index (χ0v) is 6.39. The van der Waals surface area contributed by atoms with Gasteiger partial charge in [-0.25, -0.2) is 4.79 Å². The smallest absolute Gasteiger partial charge is 0.345 e. The number of anilines is 1. The molecule has 0 radical (unpaired) electrons. The van der Waals surface area contributed by atoms with Crippen LogP contribution in [-0.4, -0.2) is 17.3 Å². The molecule has 0 aliphatic heterocycles. The summed E-state index contributed by atoms with van der Waals surface area (Å²) in [6, 6.07) is 1.39. The molecule has 1 aromatic heterocycles. The summed E-state index contributed by atoms with van der Waals surface area (Å²) in [6.07, 6.45) is 1.30. The van der Waals surface area contributed by atoms with E-state index in [-0.39, 0.29) is 4.88 Å². The Morgan fingerprint density at radius 2 is 2.45 bits per heavy atom. The van der Waals surface area contributed by atoms with E-state index in [0.29, 0.717) is 10.6 Å². The highest BCUT2D eigenvalue weighted by Gasteiger charge is 2.10. The molecule has 0 saturated carbocycles. The SMILES string of the molecule is Nc1cc(C(=O)O)sc1C=[NH2+]. The molecule has 11 heavy (non-hydrogen) atoms. The van der Waals surface area contributed by atoms with Crippen LogP contribution in [0.5, 0.6) is 0 Å². The van der Waals surface area contributed by atoms with Gasteiger partial charge in [0.2, 0.25) is 0 Å². The number of thiophene rings is 1. The Morgan fingerprint density at radius 1 is 1.82 bits per heavy atom. The number of nitrogen functional groups attached to an aromatic ring is 1. The third-order valence-electron chi connectivity index (χ3n) is 1.15. The van der Waals surface area contributed by atoms with Crippen molar-refractivity contribution in [2.24, 2.45) is 0 Å². The Labute approximate surface area is 66.8 Å². The summed E-state index contributed by atoms with van der Waals surface area (Å²) >= 11 is 1.06. The fraction of sp³-hybridized carbons (Fsp3) is 0. The topological polar surface area (TPSA) is 88.9 Å². The van der Waals surface area contributed by atoms with Crippen molar-refractivity contribution in [1.29, 1.82) is 0 Å². The van der Waals surface area contributed by atoms with Crippen LogP contribution in [0.3, 0.4) is 0 Å². The summed E-state index contributed by atoms with van der Waals surface area (Å²) in [6.45, 7) is 0. The number of hydrogen-bond acceptors (Lipinski definition) is 3. The molecule has 1 aromatic rings. The molecule has 0 amide bonds. The highest BCUT2D eigenvalue weighted by atomic mass is 32.1. The molecule has 0 spiro atoms. The predicted molar refractivity (Wildman–Crippen MR) is 42.8 cm³/mol. The first-order valence-electron chi connectivity index (χ1n) is 2.82. The lowest BCUT2D eigenvalue weighted by Crippen LogP contribution is -2.29. The predicted octanol–water partition coefficient (Wildman–Crippen LogP) is -0.793. The number of hydrogen-bond donors (Lipinski definition) is 3. The van der Waals surface area contributed by atoms with Crippen LogP contribution in [-0.2, 0) is 0 Å². The highest BCUT2D eigenvalue weighted by Crippen LogP contribution is 2.21. The van der Waals surface area contributed by atoms with E-state index in [1.54, 1.807) is 0 Å². The molecule has 0 fully saturated rings. The van der Waals surface area contributed by atoms with Crippen LogP contribution in [0, 0.1) is 0 Å². The molecule has 0 aromatic carbocycles. The van der Waals surface area contributed by atoms with Crippen molar-refractivity contribution in [1.82, 2.24) is 0 Å². The average Bonchev–Trinajstić information content (AvgIpc) is 2.31. The van der Waals surface area contributed by atoms with Gasteiger partial charge in [-0.1, -0.05) is 0 Å². The van der Waals surface area contributed by atoms with E-state index in [2.05, 4.69) is 0 Å². The van der Waals surface area contributed by atoms with Crippen LogP contribution in [0.1, 0.15) is 14.5 Å². The van der Waals surface area contributed by atoms with Gasteiger partial charge in [-0.2, -0.15) is 0 Å². The molecule has 4 nitrogen and oxygen atoms in total. The van der Waals surface area contributed by atoms with Gasteiger partial charge in [0.1, 0.15) is 9.75 Å². The van der Waals surface area contributed by atoms with E-state index >= 15 is 0 Å². The molecular formula is C6H7N2O2S+. The van der Waals surface area contributed by atoms with Crippen molar-refractivity contribution >= 4 is 29.2 Å². The standard InChI is InChI=1S/C6H6N2O2S/c7-2-5-3(8)1-4(11-5)6(9)10/h1-2,7H,8H2,(H,9,10)/p+1. The molecule has 5 heteroatoms. The normalized spacial score (nSPS) is 9.45. The van der Waals surface area contributed by atoms with Gasteiger partial charge in [0.05, 0.1) is 5.69 Å². The Balaban J connectivity index is 3.14. The quantitative estimate of drug-likeness (QED) is 0.509. The van der Waals surface area contributed by atoms with Gasteiger partial charge in [-0.05, 0) is 6.07 Å². The number of nitrogens with two attached hydrogens (primary N) is 2. The van der Waals surface area contributed by atoms with Crippen molar-refractivity contribution in [2.75, 3.05) is 5.73 Å². The molecule has 0 aliphatic carbocycles. The van der Waals surface area contributed by atoms with Crippen LogP contribution >= 0.6 is 11.3 Å². The first kappa shape index (κ1) is 7.74. The van der Waals surface area contributed by atoms with Gasteiger partial charge in [0.25, 0.3) is 0 Å². The third kappa shape index (κ3) is 1.38. The van der Waals surface area contributed by atoms with Gasteiger partial charge in [0.15, 0.2) is 6.21 Å². The molecule has 58 valence electrons. The summed E-state index contributed by atoms with van der Waals surface area (Å²) in [5.41, 5.74) is 5.84. The molecule has 0 unspecified atom stereocenters. The highest BCUT2D eigenvalue weighted by molar-refractivity contribution is 7.16. The van der Waals surface area contributed by atoms with Crippen molar-refractivity contribution in [2.45, 2.75) is 0 Å². The maximum atomic E-state index is 10.4. The van der Waals surface area contributed by atoms with Gasteiger partial charge in [-0.15, -0.1) is 11.3 Å². The molecule has 1 heterocycles. The second-order valence-electron chi connectivity index (χ2n) is 1.90. The summed E-state index contributed by atoms with van der Waals surface area (Å²) in [7, 11) is 0. The van der Waals surface area contributed by atoms with E-state index in [0.717, 1.165) is 11.3 Å². The maximum absolute atomic E-state index is 10.4. The number of carboxylic acid groups (broad SMARTS) is 1. The Hall–Kier alpha value is -1.36. The maximum Gasteiger partial charge on any atom is 0.345 e. The van der Waals surface area contributed by atoms with Crippen molar-refractivity contribution in [3.8, 4) is 0 Å². The van der Waals surface area contributed by atoms with Gasteiger partial charge in [0, 0.05) is 0 Å². The fourth-order valence-electron chi connectivity index (χ4n) is 0.655. The van der Waals surface area contributed by atoms with Crippen molar-refractivity contribution in [3.05, 3.63) is 15.8 Å². The van der Waals surface area contributed by atoms with Crippen LogP contribution in [0.2, 0.25) is 0 Å². The molecule has 0 bridgehead atoms. The largest absolute Gasteiger partial charge is 0.477 e. The Morgan fingerprint density at radius 3 is 2.73 bits per heavy atom. The summed E-state index contributed by atoms with van der Waals surface area (Å²) in [5.74, 6) is -0.977. The molecule has 0 aliphatic rings. The monoisotopic (exact) mass is 171 g/mol. The average molecular weight is 171 g/mol. The zero-order valence-electron chi connectivity index (χ0n) is 5.57. The first-order valence-corrected chi connectivity index (χ1v) is 3.64. The molecule has 1 rings (SSSR count). The van der Waals surface area contributed by atoms with E-state index in [1.807, 2.05) is 0 Å². The van der Waals surface area contributed by atoms with Gasteiger partial charge in [-0.3, -0.25) is 5.41 Å². The second-order valence-corrected chi connectivity index (χ2v) is 2.99. The molecule has 0 saturated heterocycles. The van der Waals surface area contributed by atoms with Crippen LogP contribution in [0.15, 0.2) is 6.07 Å². The molecule has 0 atom stereocenters. The molecular weight excluding hydrogens is 164 g/mol. The second kappa shape index (κ2) is 2.71. The van der Waals surface area contributed by atoms with Crippen LogP contribution in [0.4, 0.5) is 5.69 Å². The number of rotatable bonds is 2. The van der Waals surface area contributed by atoms with Crippen molar-refractivity contribution < 1.29 is 15.3 Å². The lowest BCUT2D eigenvalue weighted by atomic mass is 10.4. The van der Waals surface area contributed by atoms with Crippen LogP contribution in [0.25, 0.3) is 0 Å². The van der Waals surface area contributed by atoms with E-state index in [4.69, 9.17) is 16.2 Å². The number of aromatic carboxylic acids is 1. The lowest BCUT2D eigenvalue weighted by molar-refractivity contribution is -0.104. The first-order chi connectivity index (χ1) is 5.15. The van der Waals surface area contributed by atoms with Gasteiger partial charge < -0.3 is 10.8 Å². The van der Waals surface area contributed by atoms with E-state index < -0.39 is 5.97 Å². The summed E-state index contributed by atoms with van der Waals surface area (Å²) in [4.78, 5) is 11.2.